The van der Waals surface area contributed by atoms with Crippen molar-refractivity contribution in [3.63, 3.8) is 0 Å². The van der Waals surface area contributed by atoms with Crippen LogP contribution in [0.1, 0.15) is 32.0 Å². The minimum Gasteiger partial charge on any atom is -0.328 e. The molecule has 3 rings (SSSR count). The molecule has 2 heterocycles. The van der Waals surface area contributed by atoms with Gasteiger partial charge in [-0.15, -0.1) is 0 Å². The molecule has 2 unspecified atom stereocenters. The summed E-state index contributed by atoms with van der Waals surface area (Å²) in [6.45, 7) is 3.14. The minimum atomic E-state index is 0.224. The molecule has 0 radical (unpaired) electrons. The fourth-order valence-electron chi connectivity index (χ4n) is 3.08. The molecule has 1 aliphatic heterocycles. The molecule has 1 aliphatic rings. The summed E-state index contributed by atoms with van der Waals surface area (Å²) in [5, 5.41) is 0.605. The molecule has 3 nitrogen and oxygen atoms in total. The van der Waals surface area contributed by atoms with Crippen LogP contribution in [0.2, 0.25) is 0 Å². The number of imidazole rings is 1. The largest absolute Gasteiger partial charge is 0.328 e. The van der Waals surface area contributed by atoms with Crippen LogP contribution < -0.4 is 5.73 Å². The van der Waals surface area contributed by atoms with Crippen LogP contribution in [0.4, 0.5) is 0 Å². The Morgan fingerprint density at radius 1 is 1.40 bits per heavy atom. The molecule has 1 aromatic carbocycles. The van der Waals surface area contributed by atoms with Crippen LogP contribution in [0.15, 0.2) is 24.3 Å². The molecule has 0 amide bonds. The first-order valence-electron chi connectivity index (χ1n) is 7.61. The smallest absolute Gasteiger partial charge is 0.111 e. The van der Waals surface area contributed by atoms with Crippen LogP contribution in [0, 0.1) is 0 Å². The number of nitrogens with two attached hydrogens (primary N) is 1. The highest BCUT2D eigenvalue weighted by Gasteiger charge is 2.23. The highest BCUT2D eigenvalue weighted by molar-refractivity contribution is 8.00. The number of hydrogen-bond donors (Lipinski definition) is 1. The van der Waals surface area contributed by atoms with E-state index in [1.807, 2.05) is 11.8 Å². The molecule has 2 atom stereocenters. The number of benzene rings is 1. The van der Waals surface area contributed by atoms with Gasteiger partial charge in [0.25, 0.3) is 0 Å². The number of thioether (sulfide) groups is 1. The zero-order valence-corrected chi connectivity index (χ0v) is 12.9. The second-order valence-electron chi connectivity index (χ2n) is 5.53. The molecule has 4 heteroatoms. The summed E-state index contributed by atoms with van der Waals surface area (Å²) in [6.07, 6.45) is 4.83. The SMILES string of the molecule is CCn1c(CC(N)C2CCCCS2)nc2ccccc21. The standard InChI is InChI=1S/C16H23N3S/c1-2-19-14-8-4-3-7-13(14)18-16(19)11-12(17)15-9-5-6-10-20-15/h3-4,7-8,12,15H,2,5-6,9-11,17H2,1H3. The quantitative estimate of drug-likeness (QED) is 0.940. The average Bonchev–Trinajstić information content (AvgIpc) is 2.85. The molecule has 2 aromatic rings. The topological polar surface area (TPSA) is 43.8 Å². The van der Waals surface area contributed by atoms with Crippen LogP contribution in [0.3, 0.4) is 0 Å². The molecule has 0 spiro atoms. The lowest BCUT2D eigenvalue weighted by molar-refractivity contribution is 0.539. The number of para-hydroxylation sites is 2. The van der Waals surface area contributed by atoms with Crippen LogP contribution >= 0.6 is 11.8 Å². The number of aromatic nitrogens is 2. The van der Waals surface area contributed by atoms with E-state index in [4.69, 9.17) is 10.7 Å². The van der Waals surface area contributed by atoms with Crippen molar-refractivity contribution in [1.29, 1.82) is 0 Å². The zero-order chi connectivity index (χ0) is 13.9. The normalized spacial score (nSPS) is 21.2. The Balaban J connectivity index is 1.82. The fraction of sp³-hybridized carbons (Fsp3) is 0.562. The van der Waals surface area contributed by atoms with Crippen molar-refractivity contribution in [2.24, 2.45) is 5.73 Å². The second kappa shape index (κ2) is 6.19. The molecule has 20 heavy (non-hydrogen) atoms. The summed E-state index contributed by atoms with van der Waals surface area (Å²) < 4.78 is 2.31. The molecule has 0 aliphatic carbocycles. The van der Waals surface area contributed by atoms with Crippen LogP contribution in [0.5, 0.6) is 0 Å². The Bertz CT molecular complexity index is 572. The number of hydrogen-bond acceptors (Lipinski definition) is 3. The van der Waals surface area contributed by atoms with E-state index >= 15 is 0 Å². The van der Waals surface area contributed by atoms with Crippen molar-refractivity contribution in [3.05, 3.63) is 30.1 Å². The summed E-state index contributed by atoms with van der Waals surface area (Å²) >= 11 is 2.05. The van der Waals surface area contributed by atoms with E-state index in [-0.39, 0.29) is 6.04 Å². The fourth-order valence-corrected chi connectivity index (χ4v) is 4.43. The van der Waals surface area contributed by atoms with Gasteiger partial charge in [-0.3, -0.25) is 0 Å². The van der Waals surface area contributed by atoms with Gasteiger partial charge in [0, 0.05) is 24.3 Å². The van der Waals surface area contributed by atoms with Crippen LogP contribution in [0.25, 0.3) is 11.0 Å². The van der Waals surface area contributed by atoms with E-state index in [0.29, 0.717) is 5.25 Å². The summed E-state index contributed by atoms with van der Waals surface area (Å²) in [7, 11) is 0. The third-order valence-corrected chi connectivity index (χ3v) is 5.70. The first-order chi connectivity index (χ1) is 9.79. The highest BCUT2D eigenvalue weighted by atomic mass is 32.2. The lowest BCUT2D eigenvalue weighted by atomic mass is 10.0. The molecular weight excluding hydrogens is 266 g/mol. The lowest BCUT2D eigenvalue weighted by Crippen LogP contribution is -2.36. The molecule has 1 fully saturated rings. The monoisotopic (exact) mass is 289 g/mol. The van der Waals surface area contributed by atoms with Crippen molar-refractivity contribution < 1.29 is 0 Å². The second-order valence-corrected chi connectivity index (χ2v) is 6.88. The Kier molecular flexibility index (Phi) is 4.32. The predicted octanol–water partition coefficient (Wildman–Crippen LogP) is 3.21. The Morgan fingerprint density at radius 3 is 3.00 bits per heavy atom. The van der Waals surface area contributed by atoms with Crippen molar-refractivity contribution >= 4 is 22.8 Å². The van der Waals surface area contributed by atoms with E-state index in [1.165, 1.54) is 30.5 Å². The molecule has 1 saturated heterocycles. The summed E-state index contributed by atoms with van der Waals surface area (Å²) in [5.74, 6) is 2.41. The summed E-state index contributed by atoms with van der Waals surface area (Å²) in [6, 6.07) is 8.59. The van der Waals surface area contributed by atoms with Gasteiger partial charge in [-0.1, -0.05) is 18.6 Å². The highest BCUT2D eigenvalue weighted by Crippen LogP contribution is 2.28. The molecular formula is C16H23N3S. The number of aryl methyl sites for hydroxylation is 1. The van der Waals surface area contributed by atoms with Crippen LogP contribution in [-0.4, -0.2) is 26.6 Å². The van der Waals surface area contributed by atoms with Crippen molar-refractivity contribution in [2.75, 3.05) is 5.75 Å². The van der Waals surface area contributed by atoms with Crippen LogP contribution in [-0.2, 0) is 13.0 Å². The van der Waals surface area contributed by atoms with Crippen molar-refractivity contribution in [1.82, 2.24) is 9.55 Å². The lowest BCUT2D eigenvalue weighted by Gasteiger charge is -2.26. The van der Waals surface area contributed by atoms with Gasteiger partial charge in [0.1, 0.15) is 5.82 Å². The molecule has 1 aromatic heterocycles. The molecule has 2 N–H and O–H groups in total. The summed E-state index contributed by atoms with van der Waals surface area (Å²) in [5.41, 5.74) is 8.77. The third kappa shape index (κ3) is 2.72. The first kappa shape index (κ1) is 14.0. The van der Waals surface area contributed by atoms with Gasteiger partial charge in [-0.25, -0.2) is 4.98 Å². The average molecular weight is 289 g/mol. The van der Waals surface area contributed by atoms with E-state index in [1.54, 1.807) is 0 Å². The van der Waals surface area contributed by atoms with Gasteiger partial charge in [0.15, 0.2) is 0 Å². The Labute approximate surface area is 124 Å². The van der Waals surface area contributed by atoms with Crippen molar-refractivity contribution in [3.8, 4) is 0 Å². The number of nitrogens with zero attached hydrogens (tertiary/aromatic N) is 2. The molecule has 108 valence electrons. The van der Waals surface area contributed by atoms with Gasteiger partial charge in [0.2, 0.25) is 0 Å². The number of fused-ring (bicyclic) bond motifs is 1. The summed E-state index contributed by atoms with van der Waals surface area (Å²) in [4.78, 5) is 4.79. The minimum absolute atomic E-state index is 0.224. The maximum absolute atomic E-state index is 6.45. The van der Waals surface area contributed by atoms with Gasteiger partial charge >= 0.3 is 0 Å². The number of rotatable bonds is 4. The Morgan fingerprint density at radius 2 is 2.25 bits per heavy atom. The van der Waals surface area contributed by atoms with E-state index < -0.39 is 0 Å². The zero-order valence-electron chi connectivity index (χ0n) is 12.1. The first-order valence-corrected chi connectivity index (χ1v) is 8.65. The van der Waals surface area contributed by atoms with Gasteiger partial charge in [0.05, 0.1) is 11.0 Å². The maximum atomic E-state index is 6.45. The van der Waals surface area contributed by atoms with E-state index in [2.05, 4.69) is 35.8 Å². The maximum Gasteiger partial charge on any atom is 0.111 e. The van der Waals surface area contributed by atoms with E-state index in [9.17, 15) is 0 Å². The Hall–Kier alpha value is -1.00. The third-order valence-electron chi connectivity index (χ3n) is 4.16. The molecule has 0 bridgehead atoms. The van der Waals surface area contributed by atoms with Gasteiger partial charge in [-0.05, 0) is 37.7 Å². The van der Waals surface area contributed by atoms with Gasteiger partial charge < -0.3 is 10.3 Å². The predicted molar refractivity (Wildman–Crippen MR) is 87.2 cm³/mol. The molecule has 0 saturated carbocycles. The van der Waals surface area contributed by atoms with Crippen molar-refractivity contribution in [2.45, 2.75) is 50.4 Å². The van der Waals surface area contributed by atoms with Gasteiger partial charge in [-0.2, -0.15) is 11.8 Å². The van der Waals surface area contributed by atoms with E-state index in [0.717, 1.165) is 24.3 Å².